The molecule has 4 heterocycles. The van der Waals surface area contributed by atoms with Crippen molar-refractivity contribution in [2.45, 2.75) is 89.6 Å². The Bertz CT molecular complexity index is 1610. The summed E-state index contributed by atoms with van der Waals surface area (Å²) < 4.78 is 15.8. The van der Waals surface area contributed by atoms with Crippen molar-refractivity contribution in [3.05, 3.63) is 60.0 Å². The second-order valence-corrected chi connectivity index (χ2v) is 19.4. The van der Waals surface area contributed by atoms with Gasteiger partial charge in [0.1, 0.15) is 24.8 Å². The second-order valence-electron chi connectivity index (χ2n) is 13.8. The highest BCUT2D eigenvalue weighted by Gasteiger charge is 2.33. The Kier molecular flexibility index (Phi) is 9.13. The molecule has 1 saturated carbocycles. The van der Waals surface area contributed by atoms with E-state index in [1.807, 2.05) is 48.5 Å². The first-order valence-corrected chi connectivity index (χ1v) is 19.8. The van der Waals surface area contributed by atoms with Crippen LogP contribution in [0.25, 0.3) is 11.0 Å². The van der Waals surface area contributed by atoms with E-state index in [0.717, 1.165) is 66.4 Å². The molecule has 1 aliphatic carbocycles. The zero-order chi connectivity index (χ0) is 31.6. The van der Waals surface area contributed by atoms with Gasteiger partial charge >= 0.3 is 6.09 Å². The van der Waals surface area contributed by atoms with Crippen LogP contribution in [-0.4, -0.2) is 68.6 Å². The molecule has 2 fully saturated rings. The van der Waals surface area contributed by atoms with Gasteiger partial charge < -0.3 is 29.6 Å². The number of hydrogen-bond acceptors (Lipinski definition) is 8. The number of piperidine rings is 1. The number of fused-ring (bicyclic) bond motifs is 1. The molecular formula is C33H46N8O3Si. The van der Waals surface area contributed by atoms with Crippen molar-refractivity contribution >= 4 is 42.7 Å². The summed E-state index contributed by atoms with van der Waals surface area (Å²) in [6, 6.07) is 11.0. The van der Waals surface area contributed by atoms with Crippen molar-refractivity contribution in [2.24, 2.45) is 7.05 Å². The molecule has 1 aliphatic heterocycles. The van der Waals surface area contributed by atoms with Crippen molar-refractivity contribution in [2.75, 3.05) is 23.8 Å². The molecule has 0 unspecified atom stereocenters. The fraction of sp³-hybridized carbons (Fsp3) is 0.515. The van der Waals surface area contributed by atoms with Crippen LogP contribution in [0.1, 0.15) is 49.7 Å². The molecule has 45 heavy (non-hydrogen) atoms. The number of nitrogens with one attached hydrogen (secondary N) is 2. The van der Waals surface area contributed by atoms with E-state index in [0.29, 0.717) is 25.1 Å². The number of carbonyl (C=O) groups excluding carboxylic acids is 1. The van der Waals surface area contributed by atoms with Crippen molar-refractivity contribution in [1.82, 2.24) is 29.2 Å². The SMILES string of the molecule is C[C@H]1CC[C@@H](Nc2nc(Nc3cnn(C)c3)nc3c2c(C2CC2)cn3COCC[Si](C)(C)C)CN1C(=O)OCc1ccccc1. The number of anilines is 3. The minimum absolute atomic E-state index is 0.0122. The van der Waals surface area contributed by atoms with E-state index < -0.39 is 8.07 Å². The summed E-state index contributed by atoms with van der Waals surface area (Å²) in [7, 11) is 0.680. The molecule has 4 aromatic rings. The number of nitrogens with zero attached hydrogens (tertiary/aromatic N) is 6. The van der Waals surface area contributed by atoms with Crippen LogP contribution in [0.2, 0.25) is 25.7 Å². The minimum atomic E-state index is -1.20. The number of hydrogen-bond donors (Lipinski definition) is 2. The van der Waals surface area contributed by atoms with Gasteiger partial charge in [-0.3, -0.25) is 4.68 Å². The normalized spacial score (nSPS) is 18.7. The average Bonchev–Trinajstić information content (AvgIpc) is 3.67. The largest absolute Gasteiger partial charge is 0.445 e. The summed E-state index contributed by atoms with van der Waals surface area (Å²) in [5.74, 6) is 1.77. The molecule has 240 valence electrons. The molecule has 2 N–H and O–H groups in total. The Labute approximate surface area is 266 Å². The topological polar surface area (TPSA) is 111 Å². The number of carbonyl (C=O) groups is 1. The zero-order valence-corrected chi connectivity index (χ0v) is 28.1. The molecule has 11 nitrogen and oxygen atoms in total. The van der Waals surface area contributed by atoms with Crippen LogP contribution in [0.15, 0.2) is 48.9 Å². The summed E-state index contributed by atoms with van der Waals surface area (Å²) in [6.07, 6.45) is 9.69. The third kappa shape index (κ3) is 7.85. The van der Waals surface area contributed by atoms with Crippen LogP contribution in [-0.2, 0) is 29.9 Å². The van der Waals surface area contributed by atoms with E-state index in [4.69, 9.17) is 19.4 Å². The molecule has 0 spiro atoms. The molecule has 0 bridgehead atoms. The number of aryl methyl sites for hydroxylation is 1. The van der Waals surface area contributed by atoms with Gasteiger partial charge in [0, 0.05) is 52.8 Å². The fourth-order valence-corrected chi connectivity index (χ4v) is 6.57. The molecule has 3 aromatic heterocycles. The Balaban J connectivity index is 1.26. The third-order valence-corrected chi connectivity index (χ3v) is 10.3. The maximum absolute atomic E-state index is 13.2. The van der Waals surface area contributed by atoms with Gasteiger partial charge in [0.25, 0.3) is 0 Å². The number of amides is 1. The van der Waals surface area contributed by atoms with Crippen LogP contribution in [0, 0.1) is 0 Å². The van der Waals surface area contributed by atoms with Gasteiger partial charge in [-0.1, -0.05) is 50.0 Å². The van der Waals surface area contributed by atoms with Gasteiger partial charge in [0.05, 0.1) is 17.3 Å². The second kappa shape index (κ2) is 13.2. The lowest BCUT2D eigenvalue weighted by atomic mass is 9.99. The molecule has 0 radical (unpaired) electrons. The first kappa shape index (κ1) is 31.1. The highest BCUT2D eigenvalue weighted by Crippen LogP contribution is 2.45. The number of aromatic nitrogens is 5. The molecule has 6 rings (SSSR count). The maximum atomic E-state index is 13.2. The summed E-state index contributed by atoms with van der Waals surface area (Å²) in [4.78, 5) is 25.1. The lowest BCUT2D eigenvalue weighted by Crippen LogP contribution is -2.49. The van der Waals surface area contributed by atoms with Crippen LogP contribution < -0.4 is 10.6 Å². The monoisotopic (exact) mass is 630 g/mol. The molecule has 1 saturated heterocycles. The molecule has 2 atom stereocenters. The summed E-state index contributed by atoms with van der Waals surface area (Å²) in [5, 5.41) is 12.4. The smallest absolute Gasteiger partial charge is 0.410 e. The maximum Gasteiger partial charge on any atom is 0.410 e. The molecular weight excluding hydrogens is 585 g/mol. The molecule has 1 amide bonds. The lowest BCUT2D eigenvalue weighted by Gasteiger charge is -2.37. The van der Waals surface area contributed by atoms with E-state index in [-0.39, 0.29) is 24.8 Å². The van der Waals surface area contributed by atoms with Crippen molar-refractivity contribution in [3.8, 4) is 0 Å². The number of likely N-dealkylation sites (tertiary alicyclic amines) is 1. The third-order valence-electron chi connectivity index (χ3n) is 8.61. The quantitative estimate of drug-likeness (QED) is 0.131. The van der Waals surface area contributed by atoms with Crippen molar-refractivity contribution in [1.29, 1.82) is 0 Å². The van der Waals surface area contributed by atoms with E-state index >= 15 is 0 Å². The highest BCUT2D eigenvalue weighted by atomic mass is 28.3. The Morgan fingerprint density at radius 2 is 1.87 bits per heavy atom. The van der Waals surface area contributed by atoms with Crippen LogP contribution in [0.5, 0.6) is 0 Å². The summed E-state index contributed by atoms with van der Waals surface area (Å²) in [6.45, 7) is 11.2. The van der Waals surface area contributed by atoms with Crippen molar-refractivity contribution < 1.29 is 14.3 Å². The van der Waals surface area contributed by atoms with Gasteiger partial charge in [-0.2, -0.15) is 15.1 Å². The van der Waals surface area contributed by atoms with Gasteiger partial charge in [0.15, 0.2) is 0 Å². The first-order valence-electron chi connectivity index (χ1n) is 16.1. The Morgan fingerprint density at radius 3 is 2.58 bits per heavy atom. The Morgan fingerprint density at radius 1 is 1.07 bits per heavy atom. The van der Waals surface area contributed by atoms with E-state index in [2.05, 4.69) is 53.1 Å². The molecule has 2 aliphatic rings. The van der Waals surface area contributed by atoms with Crippen molar-refractivity contribution in [3.63, 3.8) is 0 Å². The van der Waals surface area contributed by atoms with E-state index in [1.54, 1.807) is 10.9 Å². The standard InChI is InChI=1S/C33H46N8O3Si/c1-23-11-14-26(19-41(23)33(42)44-21-24-9-7-6-8-10-24)35-30-29-28(25-12-13-25)20-40(22-43-15-16-45(3,4)5)31(29)38-32(37-30)36-27-17-34-39(2)18-27/h6-10,17-18,20,23,25-26H,11-16,19,21-22H2,1-5H3,(H2,35,36,37,38)/t23-,26+/m0/s1. The number of benzene rings is 1. The predicted molar refractivity (Wildman–Crippen MR) is 180 cm³/mol. The Hall–Kier alpha value is -3.90. The van der Waals surface area contributed by atoms with Gasteiger partial charge in [0.2, 0.25) is 5.95 Å². The van der Waals surface area contributed by atoms with Crippen LogP contribution in [0.4, 0.5) is 22.2 Å². The fourth-order valence-electron chi connectivity index (χ4n) is 5.81. The summed E-state index contributed by atoms with van der Waals surface area (Å²) >= 11 is 0. The van der Waals surface area contributed by atoms with Gasteiger partial charge in [-0.05, 0) is 55.7 Å². The number of rotatable bonds is 12. The molecule has 1 aromatic carbocycles. The zero-order valence-electron chi connectivity index (χ0n) is 27.1. The number of ether oxygens (including phenoxy) is 2. The van der Waals surface area contributed by atoms with Crippen LogP contribution >= 0.6 is 0 Å². The highest BCUT2D eigenvalue weighted by molar-refractivity contribution is 6.76. The average molecular weight is 631 g/mol. The predicted octanol–water partition coefficient (Wildman–Crippen LogP) is 6.70. The minimum Gasteiger partial charge on any atom is -0.445 e. The van der Waals surface area contributed by atoms with Crippen LogP contribution in [0.3, 0.4) is 0 Å². The van der Waals surface area contributed by atoms with Gasteiger partial charge in [-0.15, -0.1) is 0 Å². The summed E-state index contributed by atoms with van der Waals surface area (Å²) in [5.41, 5.74) is 3.90. The first-order chi connectivity index (χ1) is 21.6. The molecule has 12 heteroatoms. The lowest BCUT2D eigenvalue weighted by molar-refractivity contribution is 0.0696. The van der Waals surface area contributed by atoms with Gasteiger partial charge in [-0.25, -0.2) is 4.79 Å². The van der Waals surface area contributed by atoms with E-state index in [1.165, 1.54) is 5.56 Å². The van der Waals surface area contributed by atoms with E-state index in [9.17, 15) is 4.79 Å².